The van der Waals surface area contributed by atoms with Crippen LogP contribution in [0, 0.1) is 11.8 Å². The molecule has 1 saturated carbocycles. The van der Waals surface area contributed by atoms with Gasteiger partial charge in [-0.15, -0.1) is 12.4 Å². The van der Waals surface area contributed by atoms with Crippen molar-refractivity contribution in [3.05, 3.63) is 0 Å². The maximum absolute atomic E-state index is 12.4. The number of nitrogens with two attached hydrogens (primary N) is 1. The maximum atomic E-state index is 12.4. The number of halogens is 1. The number of nitrogens with one attached hydrogen (secondary N) is 1. The Hall–Kier alpha value is -0.320. The van der Waals surface area contributed by atoms with Crippen molar-refractivity contribution in [2.75, 3.05) is 13.1 Å². The molecule has 2 rings (SSSR count). The standard InChI is InChI=1S/C17H33N3O.ClH/c1-12-7-6-8-15(13(12)2)19-17(21)11-20-10-5-4-9-16(20)14(3)18;/h12-16H,4-11,18H2,1-3H3,(H,19,21);1H. The van der Waals surface area contributed by atoms with Crippen LogP contribution >= 0.6 is 12.4 Å². The average Bonchev–Trinajstić information content (AvgIpc) is 2.44. The number of likely N-dealkylation sites (tertiary alicyclic amines) is 1. The summed E-state index contributed by atoms with van der Waals surface area (Å²) in [5.41, 5.74) is 6.08. The van der Waals surface area contributed by atoms with E-state index in [1.54, 1.807) is 0 Å². The normalized spacial score (nSPS) is 34.5. The Balaban J connectivity index is 0.00000242. The summed E-state index contributed by atoms with van der Waals surface area (Å²) in [6.45, 7) is 8.17. The molecule has 1 saturated heterocycles. The first-order valence-corrected chi connectivity index (χ1v) is 8.78. The summed E-state index contributed by atoms with van der Waals surface area (Å²) in [6.07, 6.45) is 7.22. The second-order valence-corrected chi connectivity index (χ2v) is 7.33. The summed E-state index contributed by atoms with van der Waals surface area (Å²) in [4.78, 5) is 14.7. The highest BCUT2D eigenvalue weighted by atomic mass is 35.5. The fourth-order valence-electron chi connectivity index (χ4n) is 4.03. The summed E-state index contributed by atoms with van der Waals surface area (Å²) < 4.78 is 0. The third-order valence-electron chi connectivity index (χ3n) is 5.67. The number of hydrogen-bond acceptors (Lipinski definition) is 3. The molecule has 5 heteroatoms. The highest BCUT2D eigenvalue weighted by molar-refractivity contribution is 5.85. The molecule has 5 atom stereocenters. The third-order valence-corrected chi connectivity index (χ3v) is 5.67. The molecule has 1 aliphatic carbocycles. The van der Waals surface area contributed by atoms with Gasteiger partial charge in [-0.05, 0) is 44.6 Å². The van der Waals surface area contributed by atoms with Gasteiger partial charge in [0.1, 0.15) is 0 Å². The van der Waals surface area contributed by atoms with Gasteiger partial charge in [0.15, 0.2) is 0 Å². The Morgan fingerprint density at radius 3 is 2.64 bits per heavy atom. The number of amides is 1. The predicted molar refractivity (Wildman–Crippen MR) is 94.2 cm³/mol. The van der Waals surface area contributed by atoms with Crippen molar-refractivity contribution in [1.29, 1.82) is 0 Å². The third kappa shape index (κ3) is 5.10. The van der Waals surface area contributed by atoms with E-state index in [0.717, 1.165) is 25.3 Å². The minimum absolute atomic E-state index is 0. The molecular weight excluding hydrogens is 298 g/mol. The first-order chi connectivity index (χ1) is 9.99. The van der Waals surface area contributed by atoms with Gasteiger partial charge in [-0.1, -0.05) is 33.1 Å². The average molecular weight is 332 g/mol. The fraction of sp³-hybridized carbons (Fsp3) is 0.941. The number of hydrogen-bond donors (Lipinski definition) is 2. The molecular formula is C17H34ClN3O. The summed E-state index contributed by atoms with van der Waals surface area (Å²) in [7, 11) is 0. The first-order valence-electron chi connectivity index (χ1n) is 8.78. The van der Waals surface area contributed by atoms with Crippen LogP contribution < -0.4 is 11.1 Å². The minimum Gasteiger partial charge on any atom is -0.352 e. The molecule has 0 radical (unpaired) electrons. The van der Waals surface area contributed by atoms with Crippen LogP contribution in [0.1, 0.15) is 59.3 Å². The van der Waals surface area contributed by atoms with Crippen LogP contribution in [0.25, 0.3) is 0 Å². The second-order valence-electron chi connectivity index (χ2n) is 7.33. The van der Waals surface area contributed by atoms with E-state index in [0.29, 0.717) is 24.5 Å². The molecule has 5 unspecified atom stereocenters. The van der Waals surface area contributed by atoms with Crippen molar-refractivity contribution in [3.63, 3.8) is 0 Å². The van der Waals surface area contributed by atoms with E-state index in [2.05, 4.69) is 31.0 Å². The van der Waals surface area contributed by atoms with Gasteiger partial charge in [-0.3, -0.25) is 9.69 Å². The minimum atomic E-state index is 0. The Morgan fingerprint density at radius 2 is 1.95 bits per heavy atom. The first kappa shape index (κ1) is 19.7. The number of piperidine rings is 1. The molecule has 130 valence electrons. The fourth-order valence-corrected chi connectivity index (χ4v) is 4.03. The van der Waals surface area contributed by atoms with E-state index in [-0.39, 0.29) is 24.4 Å². The van der Waals surface area contributed by atoms with E-state index in [9.17, 15) is 4.79 Å². The van der Waals surface area contributed by atoms with Crippen LogP contribution in [0.5, 0.6) is 0 Å². The lowest BCUT2D eigenvalue weighted by Crippen LogP contribution is -2.54. The van der Waals surface area contributed by atoms with E-state index in [1.165, 1.54) is 25.7 Å². The van der Waals surface area contributed by atoms with Crippen LogP contribution in [0.2, 0.25) is 0 Å². The lowest BCUT2D eigenvalue weighted by molar-refractivity contribution is -0.124. The Labute approximate surface area is 142 Å². The zero-order valence-electron chi connectivity index (χ0n) is 14.4. The SMILES string of the molecule is CC(N)C1CCCCN1CC(=O)NC1CCCC(C)C1C.Cl. The molecule has 22 heavy (non-hydrogen) atoms. The van der Waals surface area contributed by atoms with Gasteiger partial charge in [-0.2, -0.15) is 0 Å². The largest absolute Gasteiger partial charge is 0.352 e. The molecule has 4 nitrogen and oxygen atoms in total. The molecule has 2 fully saturated rings. The van der Waals surface area contributed by atoms with E-state index >= 15 is 0 Å². The molecule has 1 heterocycles. The van der Waals surface area contributed by atoms with Gasteiger partial charge >= 0.3 is 0 Å². The molecule has 0 aromatic carbocycles. The van der Waals surface area contributed by atoms with Crippen LogP contribution in [0.4, 0.5) is 0 Å². The molecule has 1 amide bonds. The number of rotatable bonds is 4. The topological polar surface area (TPSA) is 58.4 Å². The zero-order valence-corrected chi connectivity index (χ0v) is 15.2. The van der Waals surface area contributed by atoms with Crippen LogP contribution in [0.3, 0.4) is 0 Å². The zero-order chi connectivity index (χ0) is 15.4. The van der Waals surface area contributed by atoms with Crippen LogP contribution in [-0.4, -0.2) is 42.0 Å². The highest BCUT2D eigenvalue weighted by Gasteiger charge is 2.30. The van der Waals surface area contributed by atoms with Crippen molar-refractivity contribution >= 4 is 18.3 Å². The highest BCUT2D eigenvalue weighted by Crippen LogP contribution is 2.29. The van der Waals surface area contributed by atoms with Gasteiger partial charge < -0.3 is 11.1 Å². The summed E-state index contributed by atoms with van der Waals surface area (Å²) in [5, 5.41) is 3.28. The second kappa shape index (κ2) is 9.09. The molecule has 0 aromatic rings. The van der Waals surface area contributed by atoms with E-state index in [1.807, 2.05) is 0 Å². The monoisotopic (exact) mass is 331 g/mol. The van der Waals surface area contributed by atoms with Gasteiger partial charge in [-0.25, -0.2) is 0 Å². The Morgan fingerprint density at radius 1 is 1.23 bits per heavy atom. The van der Waals surface area contributed by atoms with Gasteiger partial charge in [0.2, 0.25) is 5.91 Å². The number of nitrogens with zero attached hydrogens (tertiary/aromatic N) is 1. The predicted octanol–water partition coefficient (Wildman–Crippen LogP) is 2.55. The molecule has 2 aliphatic rings. The van der Waals surface area contributed by atoms with Crippen LogP contribution in [0.15, 0.2) is 0 Å². The smallest absolute Gasteiger partial charge is 0.234 e. The van der Waals surface area contributed by atoms with Gasteiger partial charge in [0.25, 0.3) is 0 Å². The Kier molecular flexibility index (Phi) is 8.15. The Bertz CT molecular complexity index is 351. The van der Waals surface area contributed by atoms with Crippen molar-refractivity contribution < 1.29 is 4.79 Å². The summed E-state index contributed by atoms with van der Waals surface area (Å²) >= 11 is 0. The van der Waals surface area contributed by atoms with Gasteiger partial charge in [0.05, 0.1) is 6.54 Å². The van der Waals surface area contributed by atoms with E-state index in [4.69, 9.17) is 5.73 Å². The van der Waals surface area contributed by atoms with E-state index < -0.39 is 0 Å². The molecule has 0 bridgehead atoms. The van der Waals surface area contributed by atoms with Crippen molar-refractivity contribution in [3.8, 4) is 0 Å². The molecule has 3 N–H and O–H groups in total. The maximum Gasteiger partial charge on any atom is 0.234 e. The molecule has 0 spiro atoms. The van der Waals surface area contributed by atoms with Crippen molar-refractivity contribution in [2.24, 2.45) is 17.6 Å². The molecule has 1 aliphatic heterocycles. The molecule has 0 aromatic heterocycles. The summed E-state index contributed by atoms with van der Waals surface area (Å²) in [6, 6.07) is 0.874. The summed E-state index contributed by atoms with van der Waals surface area (Å²) in [5.74, 6) is 1.50. The quantitative estimate of drug-likeness (QED) is 0.832. The number of carbonyl (C=O) groups excluding carboxylic acids is 1. The van der Waals surface area contributed by atoms with Crippen LogP contribution in [-0.2, 0) is 4.79 Å². The van der Waals surface area contributed by atoms with Crippen molar-refractivity contribution in [2.45, 2.75) is 77.4 Å². The lowest BCUT2D eigenvalue weighted by atomic mass is 9.78. The lowest BCUT2D eigenvalue weighted by Gasteiger charge is -2.39. The van der Waals surface area contributed by atoms with Crippen molar-refractivity contribution in [1.82, 2.24) is 10.2 Å². The van der Waals surface area contributed by atoms with Gasteiger partial charge in [0, 0.05) is 18.1 Å². The number of carbonyl (C=O) groups is 1.